The van der Waals surface area contributed by atoms with Crippen LogP contribution >= 0.6 is 0 Å². The van der Waals surface area contributed by atoms with Crippen LogP contribution in [-0.2, 0) is 0 Å². The average molecular weight is 296 g/mol. The molecule has 2 N–H and O–H groups in total. The van der Waals surface area contributed by atoms with Crippen molar-refractivity contribution in [2.75, 3.05) is 39.9 Å². The summed E-state index contributed by atoms with van der Waals surface area (Å²) in [7, 11) is 1.59. The van der Waals surface area contributed by atoms with Gasteiger partial charge >= 0.3 is 0 Å². The molecule has 0 saturated carbocycles. The van der Waals surface area contributed by atoms with Gasteiger partial charge in [-0.15, -0.1) is 0 Å². The van der Waals surface area contributed by atoms with Crippen LogP contribution in [0.3, 0.4) is 0 Å². The molecule has 0 unspecified atom stereocenters. The first-order chi connectivity index (χ1) is 9.99. The van der Waals surface area contributed by atoms with Crippen LogP contribution in [-0.4, -0.2) is 49.9 Å². The molecule has 1 aliphatic rings. The molecule has 1 fully saturated rings. The summed E-state index contributed by atoms with van der Waals surface area (Å²) in [4.78, 5) is 2.30. The number of nitrogens with one attached hydrogen (secondary N) is 1. The Morgan fingerprint density at radius 3 is 2.62 bits per heavy atom. The van der Waals surface area contributed by atoms with Gasteiger partial charge in [0.05, 0.1) is 7.11 Å². The summed E-state index contributed by atoms with van der Waals surface area (Å²) in [6, 6.07) is 4.51. The predicted molar refractivity (Wildman–Crippen MR) is 81.0 cm³/mol. The molecule has 1 saturated heterocycles. The Bertz CT molecular complexity index is 473. The van der Waals surface area contributed by atoms with E-state index in [9.17, 15) is 9.50 Å². The van der Waals surface area contributed by atoms with Gasteiger partial charge in [0.2, 0.25) is 0 Å². The van der Waals surface area contributed by atoms with E-state index >= 15 is 0 Å². The number of piperazine rings is 1. The third-order valence-electron chi connectivity index (χ3n) is 4.15. The summed E-state index contributed by atoms with van der Waals surface area (Å²) in [6.45, 7) is 7.57. The van der Waals surface area contributed by atoms with Crippen LogP contribution in [0.2, 0.25) is 0 Å². The highest BCUT2D eigenvalue weighted by molar-refractivity contribution is 5.37. The molecule has 0 aliphatic carbocycles. The van der Waals surface area contributed by atoms with Crippen molar-refractivity contribution in [3.8, 4) is 5.75 Å². The minimum absolute atomic E-state index is 0.0290. The zero-order chi connectivity index (χ0) is 15.5. The van der Waals surface area contributed by atoms with Gasteiger partial charge in [0, 0.05) is 49.8 Å². The number of aliphatic hydroxyl groups is 1. The normalized spacial score (nSPS) is 18.5. The fourth-order valence-electron chi connectivity index (χ4n) is 3.06. The maximum atomic E-state index is 13.8. The number of halogens is 1. The van der Waals surface area contributed by atoms with Crippen LogP contribution in [0, 0.1) is 11.2 Å². The highest BCUT2D eigenvalue weighted by Gasteiger charge is 2.37. The number of ether oxygens (including phenoxy) is 1. The summed E-state index contributed by atoms with van der Waals surface area (Å²) in [6.07, 6.45) is 0. The number of hydrogen-bond donors (Lipinski definition) is 2. The Kier molecular flexibility index (Phi) is 5.19. The van der Waals surface area contributed by atoms with Gasteiger partial charge in [0.1, 0.15) is 11.6 Å². The number of methoxy groups -OCH3 is 1. The minimum Gasteiger partial charge on any atom is -0.496 e. The van der Waals surface area contributed by atoms with E-state index in [1.54, 1.807) is 13.2 Å². The lowest BCUT2D eigenvalue weighted by atomic mass is 9.79. The maximum absolute atomic E-state index is 13.8. The van der Waals surface area contributed by atoms with Crippen molar-refractivity contribution in [2.45, 2.75) is 19.9 Å². The van der Waals surface area contributed by atoms with E-state index in [1.807, 2.05) is 13.8 Å². The van der Waals surface area contributed by atoms with Gasteiger partial charge in [0.25, 0.3) is 0 Å². The lowest BCUT2D eigenvalue weighted by Crippen LogP contribution is -2.49. The zero-order valence-corrected chi connectivity index (χ0v) is 13.0. The second-order valence-electron chi connectivity index (χ2n) is 6.22. The highest BCUT2D eigenvalue weighted by atomic mass is 19.1. The largest absolute Gasteiger partial charge is 0.496 e. The fraction of sp³-hybridized carbons (Fsp3) is 0.625. The molecular weight excluding hydrogens is 271 g/mol. The van der Waals surface area contributed by atoms with E-state index in [1.165, 1.54) is 12.1 Å². The number of aliphatic hydroxyl groups excluding tert-OH is 1. The molecule has 2 rings (SSSR count). The summed E-state index contributed by atoms with van der Waals surface area (Å²) in [5, 5.41) is 13.1. The molecule has 0 bridgehead atoms. The minimum atomic E-state index is -0.390. The number of rotatable bonds is 5. The molecule has 21 heavy (non-hydrogen) atoms. The molecule has 0 aromatic heterocycles. The van der Waals surface area contributed by atoms with E-state index in [0.29, 0.717) is 5.75 Å². The molecule has 1 aromatic carbocycles. The van der Waals surface area contributed by atoms with E-state index in [-0.39, 0.29) is 18.5 Å². The molecule has 5 heteroatoms. The summed E-state index contributed by atoms with van der Waals surface area (Å²) >= 11 is 0. The summed E-state index contributed by atoms with van der Waals surface area (Å²) in [5.74, 6) is 0.390. The van der Waals surface area contributed by atoms with Crippen LogP contribution in [0.15, 0.2) is 18.2 Å². The maximum Gasteiger partial charge on any atom is 0.123 e. The van der Waals surface area contributed by atoms with Crippen molar-refractivity contribution in [2.24, 2.45) is 5.41 Å². The summed E-state index contributed by atoms with van der Waals surface area (Å²) in [5.41, 5.74) is 0.414. The topological polar surface area (TPSA) is 44.7 Å². The van der Waals surface area contributed by atoms with Crippen molar-refractivity contribution < 1.29 is 14.2 Å². The van der Waals surface area contributed by atoms with E-state index in [0.717, 1.165) is 31.7 Å². The van der Waals surface area contributed by atoms with Gasteiger partial charge in [-0.2, -0.15) is 0 Å². The number of nitrogens with zero attached hydrogens (tertiary/aromatic N) is 1. The lowest BCUT2D eigenvalue weighted by molar-refractivity contribution is 0.0291. The Morgan fingerprint density at radius 2 is 2.05 bits per heavy atom. The van der Waals surface area contributed by atoms with Crippen molar-refractivity contribution >= 4 is 0 Å². The molecular formula is C16H25FN2O2. The van der Waals surface area contributed by atoms with Crippen molar-refractivity contribution in [3.63, 3.8) is 0 Å². The Labute approximate surface area is 125 Å². The van der Waals surface area contributed by atoms with Crippen LogP contribution in [0.25, 0.3) is 0 Å². The second-order valence-corrected chi connectivity index (χ2v) is 6.22. The molecule has 4 nitrogen and oxygen atoms in total. The Morgan fingerprint density at radius 1 is 1.38 bits per heavy atom. The SMILES string of the molecule is COc1ccc(F)cc1[C@H](N1CCNCC1)C(C)(C)CO. The lowest BCUT2D eigenvalue weighted by Gasteiger charge is -2.43. The predicted octanol–water partition coefficient (Wildman–Crippen LogP) is 1.80. The van der Waals surface area contributed by atoms with Crippen LogP contribution in [0.1, 0.15) is 25.5 Å². The van der Waals surface area contributed by atoms with Gasteiger partial charge in [-0.25, -0.2) is 4.39 Å². The average Bonchev–Trinajstić information content (AvgIpc) is 2.48. The van der Waals surface area contributed by atoms with E-state index in [2.05, 4.69) is 10.2 Å². The monoisotopic (exact) mass is 296 g/mol. The molecule has 1 heterocycles. The quantitative estimate of drug-likeness (QED) is 0.870. The Balaban J connectivity index is 2.46. The van der Waals surface area contributed by atoms with Gasteiger partial charge < -0.3 is 15.2 Å². The first-order valence-electron chi connectivity index (χ1n) is 7.38. The number of hydrogen-bond acceptors (Lipinski definition) is 4. The molecule has 0 spiro atoms. The standard InChI is InChI=1S/C16H25FN2O2/c1-16(2,11-20)15(19-8-6-18-7-9-19)13-10-12(17)4-5-14(13)21-3/h4-5,10,15,18,20H,6-9,11H2,1-3H3/t15-/m0/s1. The molecule has 1 aromatic rings. The van der Waals surface area contributed by atoms with Gasteiger partial charge in [-0.1, -0.05) is 13.8 Å². The summed E-state index contributed by atoms with van der Waals surface area (Å²) < 4.78 is 19.2. The van der Waals surface area contributed by atoms with Gasteiger partial charge in [-0.05, 0) is 18.2 Å². The number of benzene rings is 1. The molecule has 0 amide bonds. The van der Waals surface area contributed by atoms with Crippen LogP contribution in [0.4, 0.5) is 4.39 Å². The molecule has 1 atom stereocenters. The van der Waals surface area contributed by atoms with Crippen molar-refractivity contribution in [1.29, 1.82) is 0 Å². The molecule has 118 valence electrons. The van der Waals surface area contributed by atoms with Gasteiger partial charge in [-0.3, -0.25) is 4.90 Å². The zero-order valence-electron chi connectivity index (χ0n) is 13.0. The van der Waals surface area contributed by atoms with Crippen LogP contribution < -0.4 is 10.1 Å². The van der Waals surface area contributed by atoms with Crippen molar-refractivity contribution in [3.05, 3.63) is 29.6 Å². The van der Waals surface area contributed by atoms with Crippen molar-refractivity contribution in [1.82, 2.24) is 10.2 Å². The third-order valence-corrected chi connectivity index (χ3v) is 4.15. The third kappa shape index (κ3) is 3.54. The van der Waals surface area contributed by atoms with E-state index < -0.39 is 5.41 Å². The smallest absolute Gasteiger partial charge is 0.123 e. The highest BCUT2D eigenvalue weighted by Crippen LogP contribution is 2.42. The fourth-order valence-corrected chi connectivity index (χ4v) is 3.06. The second kappa shape index (κ2) is 6.73. The Hall–Kier alpha value is -1.17. The van der Waals surface area contributed by atoms with Gasteiger partial charge in [0.15, 0.2) is 0 Å². The van der Waals surface area contributed by atoms with Crippen LogP contribution in [0.5, 0.6) is 5.75 Å². The first kappa shape index (κ1) is 16.2. The van der Waals surface area contributed by atoms with E-state index in [4.69, 9.17) is 4.74 Å². The molecule has 0 radical (unpaired) electrons. The first-order valence-corrected chi connectivity index (χ1v) is 7.38. The molecule has 1 aliphatic heterocycles.